The lowest BCUT2D eigenvalue weighted by Gasteiger charge is -2.29. The minimum Gasteiger partial charge on any atom is -0.372 e. The molecule has 78 valence electrons. The number of thiophene rings is 1. The van der Waals surface area contributed by atoms with E-state index in [0.717, 1.165) is 0 Å². The molecule has 0 aromatic carbocycles. The largest absolute Gasteiger partial charge is 0.372 e. The van der Waals surface area contributed by atoms with Gasteiger partial charge in [-0.1, -0.05) is 12.8 Å². The van der Waals surface area contributed by atoms with Crippen molar-refractivity contribution in [1.29, 1.82) is 0 Å². The molecule has 3 N–H and O–H groups in total. The molecular weight excluding hydrogens is 192 g/mol. The smallest absolute Gasteiger partial charge is 0.0914 e. The van der Waals surface area contributed by atoms with Gasteiger partial charge in [-0.2, -0.15) is 0 Å². The van der Waals surface area contributed by atoms with Crippen molar-refractivity contribution in [3.05, 3.63) is 17.0 Å². The Balaban J connectivity index is 1.99. The highest BCUT2D eigenvalue weighted by molar-refractivity contribution is 7.14. The summed E-state index contributed by atoms with van der Waals surface area (Å²) in [4.78, 5) is 0. The monoisotopic (exact) mass is 210 g/mol. The third-order valence-electron chi connectivity index (χ3n) is 3.00. The van der Waals surface area contributed by atoms with Gasteiger partial charge in [0.15, 0.2) is 0 Å². The molecule has 2 nitrogen and oxygen atoms in total. The van der Waals surface area contributed by atoms with Crippen molar-refractivity contribution < 1.29 is 0 Å². The van der Waals surface area contributed by atoms with E-state index >= 15 is 0 Å². The Morgan fingerprint density at radius 1 is 1.43 bits per heavy atom. The van der Waals surface area contributed by atoms with Gasteiger partial charge in [-0.15, -0.1) is 11.3 Å². The normalized spacial score (nSPS) is 27.6. The predicted molar refractivity (Wildman–Crippen MR) is 62.9 cm³/mol. The van der Waals surface area contributed by atoms with Crippen LogP contribution in [0.2, 0.25) is 0 Å². The number of rotatable bonds is 2. The molecule has 0 amide bonds. The first kappa shape index (κ1) is 9.99. The van der Waals surface area contributed by atoms with Crippen LogP contribution in [0.5, 0.6) is 0 Å². The first-order valence-corrected chi connectivity index (χ1v) is 6.21. The Morgan fingerprint density at radius 2 is 2.21 bits per heavy atom. The Bertz CT molecular complexity index is 295. The quantitative estimate of drug-likeness (QED) is 0.787. The van der Waals surface area contributed by atoms with Crippen molar-refractivity contribution in [2.75, 3.05) is 5.32 Å². The first-order chi connectivity index (χ1) is 6.77. The minimum atomic E-state index is 0.338. The van der Waals surface area contributed by atoms with Crippen LogP contribution in [0.4, 0.5) is 5.00 Å². The molecule has 0 saturated heterocycles. The predicted octanol–water partition coefficient (Wildman–Crippen LogP) is 2.74. The number of anilines is 1. The fourth-order valence-corrected chi connectivity index (χ4v) is 2.91. The molecule has 1 fully saturated rings. The van der Waals surface area contributed by atoms with Crippen LogP contribution in [0.15, 0.2) is 11.4 Å². The van der Waals surface area contributed by atoms with Crippen molar-refractivity contribution in [2.24, 2.45) is 5.73 Å². The summed E-state index contributed by atoms with van der Waals surface area (Å²) in [6.07, 6.45) is 5.00. The van der Waals surface area contributed by atoms with Gasteiger partial charge in [-0.25, -0.2) is 0 Å². The topological polar surface area (TPSA) is 38.0 Å². The molecule has 1 aromatic heterocycles. The lowest BCUT2D eigenvalue weighted by Crippen LogP contribution is -2.42. The third-order valence-corrected chi connectivity index (χ3v) is 3.95. The zero-order valence-electron chi connectivity index (χ0n) is 8.62. The van der Waals surface area contributed by atoms with Crippen LogP contribution in [-0.4, -0.2) is 12.1 Å². The molecule has 2 atom stereocenters. The molecule has 0 bridgehead atoms. The van der Waals surface area contributed by atoms with Gasteiger partial charge < -0.3 is 11.1 Å². The highest BCUT2D eigenvalue weighted by Gasteiger charge is 2.21. The molecule has 2 unspecified atom stereocenters. The van der Waals surface area contributed by atoms with Gasteiger partial charge in [-0.05, 0) is 36.8 Å². The van der Waals surface area contributed by atoms with Gasteiger partial charge >= 0.3 is 0 Å². The molecule has 1 saturated carbocycles. The van der Waals surface area contributed by atoms with Crippen molar-refractivity contribution in [3.63, 3.8) is 0 Å². The van der Waals surface area contributed by atoms with Gasteiger partial charge in [0.05, 0.1) is 5.00 Å². The number of nitrogens with one attached hydrogen (secondary N) is 1. The highest BCUT2D eigenvalue weighted by Crippen LogP contribution is 2.26. The average Bonchev–Trinajstić information content (AvgIpc) is 2.56. The maximum Gasteiger partial charge on any atom is 0.0914 e. The molecule has 2 rings (SSSR count). The van der Waals surface area contributed by atoms with Gasteiger partial charge in [0, 0.05) is 12.1 Å². The van der Waals surface area contributed by atoms with Crippen LogP contribution in [0.1, 0.15) is 31.2 Å². The molecule has 0 aliphatic heterocycles. The van der Waals surface area contributed by atoms with Crippen LogP contribution in [0.3, 0.4) is 0 Å². The lowest BCUT2D eigenvalue weighted by molar-refractivity contribution is 0.404. The van der Waals surface area contributed by atoms with E-state index in [1.54, 1.807) is 11.3 Å². The van der Waals surface area contributed by atoms with Crippen LogP contribution < -0.4 is 11.1 Å². The van der Waals surface area contributed by atoms with Crippen LogP contribution in [-0.2, 0) is 0 Å². The van der Waals surface area contributed by atoms with Gasteiger partial charge in [0.2, 0.25) is 0 Å². The summed E-state index contributed by atoms with van der Waals surface area (Å²) in [5, 5.41) is 7.00. The molecule has 1 heterocycles. The summed E-state index contributed by atoms with van der Waals surface area (Å²) in [5.41, 5.74) is 7.43. The molecule has 14 heavy (non-hydrogen) atoms. The maximum atomic E-state index is 6.09. The SMILES string of the molecule is Cc1ccsc1NC1CCCCC1N. The minimum absolute atomic E-state index is 0.338. The zero-order chi connectivity index (χ0) is 9.97. The number of hydrogen-bond donors (Lipinski definition) is 2. The Labute approximate surface area is 89.5 Å². The van der Waals surface area contributed by atoms with E-state index in [9.17, 15) is 0 Å². The van der Waals surface area contributed by atoms with Crippen LogP contribution in [0, 0.1) is 6.92 Å². The molecule has 0 spiro atoms. The van der Waals surface area contributed by atoms with Crippen molar-refractivity contribution in [2.45, 2.75) is 44.7 Å². The first-order valence-electron chi connectivity index (χ1n) is 5.33. The van der Waals surface area contributed by atoms with Crippen molar-refractivity contribution >= 4 is 16.3 Å². The van der Waals surface area contributed by atoms with E-state index < -0.39 is 0 Å². The van der Waals surface area contributed by atoms with Crippen LogP contribution >= 0.6 is 11.3 Å². The second-order valence-electron chi connectivity index (χ2n) is 4.13. The fourth-order valence-electron chi connectivity index (χ4n) is 2.03. The van der Waals surface area contributed by atoms with Gasteiger partial charge in [0.25, 0.3) is 0 Å². The summed E-state index contributed by atoms with van der Waals surface area (Å²) in [6.45, 7) is 2.15. The molecule has 1 aromatic rings. The zero-order valence-corrected chi connectivity index (χ0v) is 9.44. The molecule has 1 aliphatic carbocycles. The van der Waals surface area contributed by atoms with E-state index in [-0.39, 0.29) is 0 Å². The third kappa shape index (κ3) is 2.10. The number of nitrogens with two attached hydrogens (primary N) is 1. The highest BCUT2D eigenvalue weighted by atomic mass is 32.1. The summed E-state index contributed by atoms with van der Waals surface area (Å²) >= 11 is 1.78. The lowest BCUT2D eigenvalue weighted by atomic mass is 9.91. The second kappa shape index (κ2) is 4.32. The summed E-state index contributed by atoms with van der Waals surface area (Å²) < 4.78 is 0. The molecule has 1 aliphatic rings. The van der Waals surface area contributed by atoms with E-state index in [4.69, 9.17) is 5.73 Å². The summed E-state index contributed by atoms with van der Waals surface area (Å²) in [5.74, 6) is 0. The molecule has 0 radical (unpaired) electrons. The van der Waals surface area contributed by atoms with Crippen LogP contribution in [0.25, 0.3) is 0 Å². The van der Waals surface area contributed by atoms with Crippen molar-refractivity contribution in [1.82, 2.24) is 0 Å². The number of aryl methyl sites for hydroxylation is 1. The number of hydrogen-bond acceptors (Lipinski definition) is 3. The van der Waals surface area contributed by atoms with E-state index in [2.05, 4.69) is 23.7 Å². The van der Waals surface area contributed by atoms with Crippen molar-refractivity contribution in [3.8, 4) is 0 Å². The fraction of sp³-hybridized carbons (Fsp3) is 0.636. The van der Waals surface area contributed by atoms with E-state index in [1.165, 1.54) is 36.2 Å². The Morgan fingerprint density at radius 3 is 2.86 bits per heavy atom. The van der Waals surface area contributed by atoms with E-state index in [0.29, 0.717) is 12.1 Å². The summed E-state index contributed by atoms with van der Waals surface area (Å²) in [7, 11) is 0. The average molecular weight is 210 g/mol. The Kier molecular flexibility index (Phi) is 3.08. The van der Waals surface area contributed by atoms with E-state index in [1.807, 2.05) is 0 Å². The Hall–Kier alpha value is -0.540. The molecular formula is C11H18N2S. The maximum absolute atomic E-state index is 6.09. The van der Waals surface area contributed by atoms with Gasteiger partial charge in [0.1, 0.15) is 0 Å². The summed E-state index contributed by atoms with van der Waals surface area (Å²) in [6, 6.07) is 2.98. The molecule has 3 heteroatoms. The second-order valence-corrected chi connectivity index (χ2v) is 5.05. The van der Waals surface area contributed by atoms with Gasteiger partial charge in [-0.3, -0.25) is 0 Å². The standard InChI is InChI=1S/C11H18N2S/c1-8-6-7-14-11(8)13-10-5-3-2-4-9(10)12/h6-7,9-10,13H,2-5,12H2,1H3.